The first-order valence-electron chi connectivity index (χ1n) is 4.59. The van der Waals surface area contributed by atoms with Gasteiger partial charge in [-0.1, -0.05) is 36.5 Å². The average Bonchev–Trinajstić information content (AvgIpc) is 2.76. The number of carboxylic acids is 1. The van der Waals surface area contributed by atoms with E-state index in [1.54, 1.807) is 0 Å². The normalized spacial score (nSPS) is 17.2. The Morgan fingerprint density at radius 1 is 1.14 bits per heavy atom. The van der Waals surface area contributed by atoms with Gasteiger partial charge in [0.1, 0.15) is 0 Å². The molecule has 0 spiro atoms. The monoisotopic (exact) mass is 189 g/mol. The van der Waals surface area contributed by atoms with Crippen molar-refractivity contribution in [3.8, 4) is 0 Å². The summed E-state index contributed by atoms with van der Waals surface area (Å²) in [5, 5.41) is 8.89. The fourth-order valence-corrected chi connectivity index (χ4v) is 1.37. The summed E-state index contributed by atoms with van der Waals surface area (Å²) in [4.78, 5) is 8.89. The standard InChI is InChI=1S/C10H10.C2H4O2/c1-2-6-9(5-1)10-7-3-4-8-10;1-2(3)4/h1-5,7H,6,8H2;1H3,(H,3,4)/p-1. The first-order valence-corrected chi connectivity index (χ1v) is 4.59. The molecule has 0 atom stereocenters. The number of carboxylic acid groups (broad SMARTS) is 1. The summed E-state index contributed by atoms with van der Waals surface area (Å²) < 4.78 is 0. The number of carbonyl (C=O) groups excluding carboxylic acids is 1. The van der Waals surface area contributed by atoms with Gasteiger partial charge in [-0.15, -0.1) is 0 Å². The summed E-state index contributed by atoms with van der Waals surface area (Å²) in [6.07, 6.45) is 15.4. The zero-order valence-corrected chi connectivity index (χ0v) is 8.19. The maximum absolute atomic E-state index is 8.89. The molecular weight excluding hydrogens is 176 g/mol. The van der Waals surface area contributed by atoms with E-state index in [-0.39, 0.29) is 0 Å². The maximum Gasteiger partial charge on any atom is 0.0383 e. The van der Waals surface area contributed by atoms with Crippen LogP contribution in [0.2, 0.25) is 0 Å². The fourth-order valence-electron chi connectivity index (χ4n) is 1.37. The van der Waals surface area contributed by atoms with E-state index in [1.165, 1.54) is 11.1 Å². The molecule has 14 heavy (non-hydrogen) atoms. The van der Waals surface area contributed by atoms with Gasteiger partial charge in [0.05, 0.1) is 0 Å². The molecule has 0 saturated carbocycles. The zero-order chi connectivity index (χ0) is 10.4. The third-order valence-corrected chi connectivity index (χ3v) is 1.95. The van der Waals surface area contributed by atoms with Crippen molar-refractivity contribution >= 4 is 5.97 Å². The highest BCUT2D eigenvalue weighted by atomic mass is 16.4. The molecule has 2 heteroatoms. The topological polar surface area (TPSA) is 40.1 Å². The number of carbonyl (C=O) groups is 1. The number of aliphatic carboxylic acids is 1. The van der Waals surface area contributed by atoms with Crippen LogP contribution in [0.15, 0.2) is 47.6 Å². The van der Waals surface area contributed by atoms with Crippen molar-refractivity contribution in [1.82, 2.24) is 0 Å². The van der Waals surface area contributed by atoms with Crippen molar-refractivity contribution < 1.29 is 9.90 Å². The van der Waals surface area contributed by atoms with E-state index in [0.717, 1.165) is 19.8 Å². The number of hydrogen-bond donors (Lipinski definition) is 0. The largest absolute Gasteiger partial charge is 0.550 e. The molecule has 0 heterocycles. The van der Waals surface area contributed by atoms with Crippen molar-refractivity contribution in [3.63, 3.8) is 0 Å². The van der Waals surface area contributed by atoms with Gasteiger partial charge in [-0.25, -0.2) is 0 Å². The second kappa shape index (κ2) is 5.22. The Labute approximate surface area is 83.9 Å². The molecule has 74 valence electrons. The van der Waals surface area contributed by atoms with Gasteiger partial charge in [-0.05, 0) is 30.9 Å². The van der Waals surface area contributed by atoms with Crippen molar-refractivity contribution in [3.05, 3.63) is 47.6 Å². The summed E-state index contributed by atoms with van der Waals surface area (Å²) in [6, 6.07) is 0. The van der Waals surface area contributed by atoms with E-state index in [2.05, 4.69) is 36.5 Å². The van der Waals surface area contributed by atoms with Gasteiger partial charge in [0.2, 0.25) is 0 Å². The van der Waals surface area contributed by atoms with E-state index in [4.69, 9.17) is 9.90 Å². The van der Waals surface area contributed by atoms with Crippen LogP contribution in [0.4, 0.5) is 0 Å². The molecule has 0 aromatic heterocycles. The Bertz CT molecular complexity index is 298. The van der Waals surface area contributed by atoms with Crippen molar-refractivity contribution in [2.45, 2.75) is 19.8 Å². The molecule has 0 aromatic rings. The van der Waals surface area contributed by atoms with E-state index < -0.39 is 5.97 Å². The van der Waals surface area contributed by atoms with Crippen molar-refractivity contribution in [1.29, 1.82) is 0 Å². The molecule has 0 aliphatic heterocycles. The molecule has 2 aliphatic carbocycles. The van der Waals surface area contributed by atoms with Crippen LogP contribution in [-0.2, 0) is 4.79 Å². The van der Waals surface area contributed by atoms with E-state index >= 15 is 0 Å². The smallest absolute Gasteiger partial charge is 0.0383 e. The van der Waals surface area contributed by atoms with Gasteiger partial charge < -0.3 is 9.90 Å². The number of allylic oxidation sites excluding steroid dienone is 8. The SMILES string of the molecule is C1=CCC(C2=CC=CC2)=C1.CC(=O)[O-]. The highest BCUT2D eigenvalue weighted by Gasteiger charge is 2.05. The summed E-state index contributed by atoms with van der Waals surface area (Å²) in [5.74, 6) is -1.08. The molecule has 0 bridgehead atoms. The molecule has 0 N–H and O–H groups in total. The lowest BCUT2D eigenvalue weighted by atomic mass is 10.1. The Hall–Kier alpha value is -1.57. The average molecular weight is 189 g/mol. The van der Waals surface area contributed by atoms with Crippen LogP contribution < -0.4 is 5.11 Å². The first-order chi connectivity index (χ1) is 6.70. The van der Waals surface area contributed by atoms with Crippen LogP contribution >= 0.6 is 0 Å². The summed E-state index contributed by atoms with van der Waals surface area (Å²) in [6.45, 7) is 0.972. The van der Waals surface area contributed by atoms with Crippen LogP contribution in [0.1, 0.15) is 19.8 Å². The van der Waals surface area contributed by atoms with E-state index in [0.29, 0.717) is 0 Å². The molecular formula is C12H13O2-. The molecule has 0 amide bonds. The van der Waals surface area contributed by atoms with Crippen LogP contribution in [0.5, 0.6) is 0 Å². The minimum absolute atomic E-state index is 0.972. The first kappa shape index (κ1) is 10.5. The van der Waals surface area contributed by atoms with Gasteiger partial charge >= 0.3 is 0 Å². The lowest BCUT2D eigenvalue weighted by molar-refractivity contribution is -0.302. The van der Waals surface area contributed by atoms with Crippen molar-refractivity contribution in [2.24, 2.45) is 0 Å². The molecule has 2 rings (SSSR count). The Morgan fingerprint density at radius 2 is 1.50 bits per heavy atom. The van der Waals surface area contributed by atoms with Crippen molar-refractivity contribution in [2.75, 3.05) is 0 Å². The third-order valence-electron chi connectivity index (χ3n) is 1.95. The van der Waals surface area contributed by atoms with Gasteiger partial charge in [0, 0.05) is 5.97 Å². The van der Waals surface area contributed by atoms with Crippen LogP contribution in [-0.4, -0.2) is 5.97 Å². The summed E-state index contributed by atoms with van der Waals surface area (Å²) in [5.41, 5.74) is 2.98. The summed E-state index contributed by atoms with van der Waals surface area (Å²) in [7, 11) is 0. The lowest BCUT2D eigenvalue weighted by Crippen LogP contribution is -2.16. The predicted octanol–water partition coefficient (Wildman–Crippen LogP) is 1.52. The van der Waals surface area contributed by atoms with Gasteiger partial charge in [-0.3, -0.25) is 0 Å². The second-order valence-corrected chi connectivity index (χ2v) is 3.14. The molecule has 0 radical (unpaired) electrons. The van der Waals surface area contributed by atoms with E-state index in [9.17, 15) is 0 Å². The minimum Gasteiger partial charge on any atom is -0.550 e. The van der Waals surface area contributed by atoms with Gasteiger partial charge in [0.25, 0.3) is 0 Å². The predicted molar refractivity (Wildman–Crippen MR) is 54.4 cm³/mol. The Kier molecular flexibility index (Phi) is 3.92. The molecule has 2 nitrogen and oxygen atoms in total. The Morgan fingerprint density at radius 3 is 1.71 bits per heavy atom. The van der Waals surface area contributed by atoms with Gasteiger partial charge in [-0.2, -0.15) is 0 Å². The second-order valence-electron chi connectivity index (χ2n) is 3.14. The fraction of sp³-hybridized carbons (Fsp3) is 0.250. The molecule has 0 unspecified atom stereocenters. The number of rotatable bonds is 1. The lowest BCUT2D eigenvalue weighted by Gasteiger charge is -1.99. The van der Waals surface area contributed by atoms with Gasteiger partial charge in [0.15, 0.2) is 0 Å². The highest BCUT2D eigenvalue weighted by molar-refractivity contribution is 5.60. The minimum atomic E-state index is -1.08. The maximum atomic E-state index is 8.89. The summed E-state index contributed by atoms with van der Waals surface area (Å²) >= 11 is 0. The van der Waals surface area contributed by atoms with Crippen LogP contribution in [0.3, 0.4) is 0 Å². The van der Waals surface area contributed by atoms with Crippen LogP contribution in [0, 0.1) is 0 Å². The third kappa shape index (κ3) is 3.44. The quantitative estimate of drug-likeness (QED) is 0.627. The van der Waals surface area contributed by atoms with Crippen LogP contribution in [0.25, 0.3) is 0 Å². The molecule has 0 aromatic carbocycles. The Balaban J connectivity index is 0.000000213. The molecule has 0 saturated heterocycles. The molecule has 0 fully saturated rings. The molecule has 2 aliphatic rings. The zero-order valence-electron chi connectivity index (χ0n) is 8.19. The highest BCUT2D eigenvalue weighted by Crippen LogP contribution is 2.25. The van der Waals surface area contributed by atoms with E-state index in [1.807, 2.05) is 0 Å². The number of hydrogen-bond acceptors (Lipinski definition) is 2.